The highest BCUT2D eigenvalue weighted by Crippen LogP contribution is 2.39. The van der Waals surface area contributed by atoms with Gasteiger partial charge < -0.3 is 30.1 Å². The zero-order valence-electron chi connectivity index (χ0n) is 16.4. The summed E-state index contributed by atoms with van der Waals surface area (Å²) in [6, 6.07) is 13.2. The van der Waals surface area contributed by atoms with Gasteiger partial charge in [-0.25, -0.2) is 4.98 Å². The SMILES string of the molecule is COc1ccccc1Nc1nc2c3c(ccc2[nH]1)NC(=O)/C3=C\c1[nH]ccc1OC. The van der Waals surface area contributed by atoms with Crippen LogP contribution in [0.1, 0.15) is 11.3 Å². The molecule has 1 amide bonds. The average molecular weight is 401 g/mol. The van der Waals surface area contributed by atoms with Crippen LogP contribution in [0.15, 0.2) is 48.7 Å². The molecule has 2 aromatic carbocycles. The molecule has 2 aromatic heterocycles. The van der Waals surface area contributed by atoms with Crippen LogP contribution in [0, 0.1) is 0 Å². The van der Waals surface area contributed by atoms with Gasteiger partial charge in [0.05, 0.1) is 42.4 Å². The summed E-state index contributed by atoms with van der Waals surface area (Å²) in [5.74, 6) is 1.74. The van der Waals surface area contributed by atoms with Gasteiger partial charge in [0.1, 0.15) is 17.0 Å². The van der Waals surface area contributed by atoms with E-state index in [1.165, 1.54) is 0 Å². The van der Waals surface area contributed by atoms with Crippen LogP contribution < -0.4 is 20.1 Å². The second kappa shape index (κ2) is 7.00. The van der Waals surface area contributed by atoms with E-state index in [4.69, 9.17) is 14.5 Å². The standard InChI is InChI=1S/C22H19N5O3/c1-29-17-6-4-3-5-13(17)25-22-26-15-8-7-14-19(20(15)27-22)12(21(28)24-14)11-16-18(30-2)9-10-23-16/h3-11,23H,1-2H3,(H,24,28)(H2,25,26,27)/b12-11-. The van der Waals surface area contributed by atoms with Gasteiger partial charge in [-0.2, -0.15) is 0 Å². The third kappa shape index (κ3) is 2.86. The first kappa shape index (κ1) is 17.9. The minimum absolute atomic E-state index is 0.184. The third-order valence-electron chi connectivity index (χ3n) is 5.02. The molecule has 0 saturated heterocycles. The summed E-state index contributed by atoms with van der Waals surface area (Å²) in [7, 11) is 3.21. The summed E-state index contributed by atoms with van der Waals surface area (Å²) in [6.07, 6.45) is 3.55. The zero-order chi connectivity index (χ0) is 20.7. The van der Waals surface area contributed by atoms with Crippen LogP contribution in [0.4, 0.5) is 17.3 Å². The molecule has 4 aromatic rings. The molecular weight excluding hydrogens is 382 g/mol. The van der Waals surface area contributed by atoms with Crippen molar-refractivity contribution in [1.82, 2.24) is 15.0 Å². The van der Waals surface area contributed by atoms with Crippen molar-refractivity contribution >= 4 is 45.9 Å². The van der Waals surface area contributed by atoms with E-state index in [0.717, 1.165) is 28.1 Å². The molecule has 0 saturated carbocycles. The number of fused-ring (bicyclic) bond motifs is 3. The van der Waals surface area contributed by atoms with Crippen molar-refractivity contribution in [2.75, 3.05) is 24.9 Å². The number of hydrogen-bond acceptors (Lipinski definition) is 5. The monoisotopic (exact) mass is 401 g/mol. The molecule has 5 rings (SSSR count). The first-order valence-electron chi connectivity index (χ1n) is 9.35. The molecule has 0 unspecified atom stereocenters. The number of benzene rings is 2. The molecule has 150 valence electrons. The number of imidazole rings is 1. The van der Waals surface area contributed by atoms with Gasteiger partial charge in [-0.05, 0) is 36.4 Å². The fourth-order valence-corrected chi connectivity index (χ4v) is 3.63. The van der Waals surface area contributed by atoms with E-state index in [-0.39, 0.29) is 5.91 Å². The number of nitrogens with one attached hydrogen (secondary N) is 4. The van der Waals surface area contributed by atoms with E-state index < -0.39 is 0 Å². The molecule has 1 aliphatic heterocycles. The van der Waals surface area contributed by atoms with Crippen molar-refractivity contribution in [2.45, 2.75) is 0 Å². The minimum Gasteiger partial charge on any atom is -0.495 e. The number of nitrogens with zero attached hydrogens (tertiary/aromatic N) is 1. The number of aromatic amines is 2. The Labute approximate surface area is 171 Å². The highest BCUT2D eigenvalue weighted by Gasteiger charge is 2.28. The lowest BCUT2D eigenvalue weighted by Gasteiger charge is -2.08. The van der Waals surface area contributed by atoms with Crippen LogP contribution >= 0.6 is 0 Å². The highest BCUT2D eigenvalue weighted by atomic mass is 16.5. The Kier molecular flexibility index (Phi) is 4.17. The van der Waals surface area contributed by atoms with E-state index in [2.05, 4.69) is 20.6 Å². The maximum absolute atomic E-state index is 12.7. The normalized spacial score (nSPS) is 14.1. The molecule has 0 spiro atoms. The predicted octanol–water partition coefficient (Wildman–Crippen LogP) is 4.14. The maximum atomic E-state index is 12.7. The van der Waals surface area contributed by atoms with Gasteiger partial charge in [-0.1, -0.05) is 12.1 Å². The fourth-order valence-electron chi connectivity index (χ4n) is 3.63. The summed E-state index contributed by atoms with van der Waals surface area (Å²) in [5, 5.41) is 6.16. The number of carbonyl (C=O) groups is 1. The summed E-state index contributed by atoms with van der Waals surface area (Å²) >= 11 is 0. The van der Waals surface area contributed by atoms with Gasteiger partial charge in [-0.3, -0.25) is 4.79 Å². The van der Waals surface area contributed by atoms with E-state index >= 15 is 0 Å². The number of rotatable bonds is 5. The fraction of sp³-hybridized carbons (Fsp3) is 0.0909. The van der Waals surface area contributed by atoms with Crippen molar-refractivity contribution in [3.05, 3.63) is 59.9 Å². The number of para-hydroxylation sites is 2. The Balaban J connectivity index is 1.60. The van der Waals surface area contributed by atoms with Crippen molar-refractivity contribution in [3.8, 4) is 11.5 Å². The number of aromatic nitrogens is 3. The molecule has 8 heteroatoms. The van der Waals surface area contributed by atoms with Crippen molar-refractivity contribution in [2.24, 2.45) is 0 Å². The van der Waals surface area contributed by atoms with Crippen molar-refractivity contribution in [1.29, 1.82) is 0 Å². The predicted molar refractivity (Wildman–Crippen MR) is 116 cm³/mol. The summed E-state index contributed by atoms with van der Waals surface area (Å²) < 4.78 is 10.7. The second-order valence-corrected chi connectivity index (χ2v) is 6.77. The molecular formula is C22H19N5O3. The number of hydrogen-bond donors (Lipinski definition) is 4. The lowest BCUT2D eigenvalue weighted by Crippen LogP contribution is -2.03. The van der Waals surface area contributed by atoms with E-state index in [9.17, 15) is 4.79 Å². The first-order valence-corrected chi connectivity index (χ1v) is 9.35. The average Bonchev–Trinajstić information content (AvgIpc) is 3.45. The summed E-state index contributed by atoms with van der Waals surface area (Å²) in [5.41, 5.74) is 5.00. The lowest BCUT2D eigenvalue weighted by molar-refractivity contribution is -0.110. The third-order valence-corrected chi connectivity index (χ3v) is 5.02. The van der Waals surface area contributed by atoms with Crippen molar-refractivity contribution in [3.63, 3.8) is 0 Å². The second-order valence-electron chi connectivity index (χ2n) is 6.77. The van der Waals surface area contributed by atoms with Crippen LogP contribution in [0.25, 0.3) is 22.7 Å². The Morgan fingerprint density at radius 2 is 1.87 bits per heavy atom. The summed E-state index contributed by atoms with van der Waals surface area (Å²) in [4.78, 5) is 23.8. The van der Waals surface area contributed by atoms with E-state index in [0.29, 0.717) is 28.5 Å². The molecule has 8 nitrogen and oxygen atoms in total. The molecule has 0 radical (unpaired) electrons. The van der Waals surface area contributed by atoms with Crippen LogP contribution in [0.3, 0.4) is 0 Å². The molecule has 0 fully saturated rings. The Morgan fingerprint density at radius 3 is 2.70 bits per heavy atom. The molecule has 30 heavy (non-hydrogen) atoms. The lowest BCUT2D eigenvalue weighted by atomic mass is 10.0. The van der Waals surface area contributed by atoms with Gasteiger partial charge in [0.25, 0.3) is 5.91 Å². The minimum atomic E-state index is -0.184. The number of methoxy groups -OCH3 is 2. The Morgan fingerprint density at radius 1 is 1.03 bits per heavy atom. The number of H-pyrrole nitrogens is 2. The van der Waals surface area contributed by atoms with Crippen LogP contribution in [-0.2, 0) is 4.79 Å². The number of ether oxygens (including phenoxy) is 2. The largest absolute Gasteiger partial charge is 0.495 e. The highest BCUT2D eigenvalue weighted by molar-refractivity contribution is 6.37. The topological polar surface area (TPSA) is 104 Å². The van der Waals surface area contributed by atoms with Gasteiger partial charge >= 0.3 is 0 Å². The molecule has 4 N–H and O–H groups in total. The maximum Gasteiger partial charge on any atom is 0.256 e. The molecule has 3 heterocycles. The van der Waals surface area contributed by atoms with Crippen LogP contribution in [0.2, 0.25) is 0 Å². The zero-order valence-corrected chi connectivity index (χ0v) is 16.4. The van der Waals surface area contributed by atoms with E-state index in [1.807, 2.05) is 42.5 Å². The first-order chi connectivity index (χ1) is 14.7. The smallest absolute Gasteiger partial charge is 0.256 e. The summed E-state index contributed by atoms with van der Waals surface area (Å²) in [6.45, 7) is 0. The number of anilines is 3. The van der Waals surface area contributed by atoms with Crippen molar-refractivity contribution < 1.29 is 14.3 Å². The van der Waals surface area contributed by atoms with Gasteiger partial charge in [0.15, 0.2) is 0 Å². The molecule has 0 atom stereocenters. The van der Waals surface area contributed by atoms with Gasteiger partial charge in [0, 0.05) is 11.8 Å². The van der Waals surface area contributed by atoms with Crippen LogP contribution in [-0.4, -0.2) is 35.1 Å². The molecule has 0 bridgehead atoms. The van der Waals surface area contributed by atoms with Crippen LogP contribution in [0.5, 0.6) is 11.5 Å². The van der Waals surface area contributed by atoms with Gasteiger partial charge in [-0.15, -0.1) is 0 Å². The Hall–Kier alpha value is -4.20. The number of carbonyl (C=O) groups excluding carboxylic acids is 1. The molecule has 1 aliphatic rings. The van der Waals surface area contributed by atoms with Gasteiger partial charge in [0.2, 0.25) is 5.95 Å². The Bertz CT molecular complexity index is 1300. The quantitative estimate of drug-likeness (QED) is 0.376. The van der Waals surface area contributed by atoms with E-state index in [1.54, 1.807) is 26.5 Å². The molecule has 0 aliphatic carbocycles. The number of amides is 1.